The summed E-state index contributed by atoms with van der Waals surface area (Å²) >= 11 is 5.34. The number of hydrogen-bond acceptors (Lipinski definition) is 6. The maximum absolute atomic E-state index is 9.82. The lowest BCUT2D eigenvalue weighted by atomic mass is 9.93. The maximum atomic E-state index is 9.82. The van der Waals surface area contributed by atoms with Crippen molar-refractivity contribution in [2.45, 2.75) is 50.7 Å². The van der Waals surface area contributed by atoms with E-state index in [9.17, 15) is 5.11 Å². The predicted molar refractivity (Wildman–Crippen MR) is 133 cm³/mol. The molecule has 1 aliphatic carbocycles. The zero-order chi connectivity index (χ0) is 21.9. The highest BCUT2D eigenvalue weighted by Gasteiger charge is 2.20. The molecule has 2 heterocycles. The van der Waals surface area contributed by atoms with Crippen LogP contribution in [0.5, 0.6) is 0 Å². The van der Waals surface area contributed by atoms with Crippen LogP contribution >= 0.6 is 27.3 Å². The highest BCUT2D eigenvalue weighted by atomic mass is 79.9. The van der Waals surface area contributed by atoms with E-state index in [1.165, 1.54) is 10.3 Å². The normalized spacial score (nSPS) is 18.7. The molecule has 1 fully saturated rings. The first-order chi connectivity index (χ1) is 15.6. The monoisotopic (exact) mass is 508 g/mol. The van der Waals surface area contributed by atoms with Gasteiger partial charge in [-0.05, 0) is 65.4 Å². The molecule has 2 aromatic heterocycles. The minimum Gasteiger partial charge on any atom is -0.393 e. The summed E-state index contributed by atoms with van der Waals surface area (Å²) in [6.45, 7) is 0. The molecule has 164 valence electrons. The first-order valence-corrected chi connectivity index (χ1v) is 12.6. The summed E-state index contributed by atoms with van der Waals surface area (Å²) in [7, 11) is 0. The predicted octanol–water partition coefficient (Wildman–Crippen LogP) is 5.75. The largest absolute Gasteiger partial charge is 0.393 e. The van der Waals surface area contributed by atoms with Crippen LogP contribution in [0.4, 0.5) is 5.95 Å². The number of anilines is 1. The molecule has 5 rings (SSSR count). The number of rotatable bonds is 6. The number of aliphatic hydroxyl groups excluding tert-OH is 1. The van der Waals surface area contributed by atoms with Gasteiger partial charge >= 0.3 is 0 Å². The van der Waals surface area contributed by atoms with Crippen molar-refractivity contribution < 1.29 is 5.11 Å². The molecular formula is C25H25BrN4OS. The molecule has 0 aliphatic heterocycles. The Bertz CT molecular complexity index is 1210. The molecule has 0 bridgehead atoms. The molecule has 0 spiro atoms. The van der Waals surface area contributed by atoms with E-state index in [4.69, 9.17) is 15.0 Å². The van der Waals surface area contributed by atoms with Crippen molar-refractivity contribution >= 4 is 43.4 Å². The highest BCUT2D eigenvalue weighted by Crippen LogP contribution is 2.30. The molecule has 5 nitrogen and oxygen atoms in total. The maximum Gasteiger partial charge on any atom is 0.223 e. The SMILES string of the molecule is OC1CCC(Nc2nc(Cc3ccccc3)cc(Cc3nc4cccc(Br)c4s3)n2)CC1. The van der Waals surface area contributed by atoms with Gasteiger partial charge in [0.05, 0.1) is 32.7 Å². The highest BCUT2D eigenvalue weighted by molar-refractivity contribution is 9.10. The van der Waals surface area contributed by atoms with Crippen LogP contribution in [0.25, 0.3) is 10.2 Å². The lowest BCUT2D eigenvalue weighted by Gasteiger charge is -2.26. The fourth-order valence-electron chi connectivity index (χ4n) is 4.20. The van der Waals surface area contributed by atoms with E-state index >= 15 is 0 Å². The number of nitrogens with one attached hydrogen (secondary N) is 1. The van der Waals surface area contributed by atoms with Crippen molar-refractivity contribution in [2.24, 2.45) is 0 Å². The zero-order valence-electron chi connectivity index (χ0n) is 17.7. The molecule has 7 heteroatoms. The Morgan fingerprint density at radius 2 is 1.66 bits per heavy atom. The standard InChI is InChI=1S/C25H25BrN4OS/c26-21-7-4-8-22-24(21)32-23(30-22)15-19-14-18(13-16-5-2-1-3-6-16)28-25(29-19)27-17-9-11-20(31)12-10-17/h1-8,14,17,20,31H,9-13,15H2,(H,27,28,29). The van der Waals surface area contributed by atoms with Gasteiger partial charge in [0.15, 0.2) is 0 Å². The number of benzene rings is 2. The minimum atomic E-state index is -0.174. The van der Waals surface area contributed by atoms with Gasteiger partial charge in [-0.25, -0.2) is 15.0 Å². The van der Waals surface area contributed by atoms with Gasteiger partial charge in [-0.15, -0.1) is 11.3 Å². The number of aliphatic hydroxyl groups is 1. The number of fused-ring (bicyclic) bond motifs is 1. The Morgan fingerprint density at radius 3 is 2.41 bits per heavy atom. The summed E-state index contributed by atoms with van der Waals surface area (Å²) in [6.07, 6.45) is 4.80. The van der Waals surface area contributed by atoms with Crippen molar-refractivity contribution in [1.82, 2.24) is 15.0 Å². The molecule has 4 aromatic rings. The Kier molecular flexibility index (Phi) is 6.48. The number of nitrogens with zero attached hydrogens (tertiary/aromatic N) is 3. The van der Waals surface area contributed by atoms with Crippen molar-refractivity contribution in [2.75, 3.05) is 5.32 Å². The van der Waals surface area contributed by atoms with E-state index in [1.807, 2.05) is 18.2 Å². The third-order valence-corrected chi connectivity index (χ3v) is 7.86. The van der Waals surface area contributed by atoms with Crippen molar-refractivity contribution in [3.05, 3.63) is 81.0 Å². The molecule has 0 amide bonds. The van der Waals surface area contributed by atoms with Gasteiger partial charge < -0.3 is 10.4 Å². The van der Waals surface area contributed by atoms with Crippen LogP contribution in [0.1, 0.15) is 47.6 Å². The summed E-state index contributed by atoms with van der Waals surface area (Å²) < 4.78 is 2.24. The molecule has 1 aliphatic rings. The molecule has 0 saturated heterocycles. The lowest BCUT2D eigenvalue weighted by Crippen LogP contribution is -2.29. The van der Waals surface area contributed by atoms with Crippen LogP contribution in [0.15, 0.2) is 59.1 Å². The lowest BCUT2D eigenvalue weighted by molar-refractivity contribution is 0.126. The second-order valence-corrected chi connectivity index (χ2v) is 10.3. The minimum absolute atomic E-state index is 0.174. The third kappa shape index (κ3) is 5.17. The Balaban J connectivity index is 1.42. The van der Waals surface area contributed by atoms with E-state index < -0.39 is 0 Å². The first kappa shape index (κ1) is 21.5. The van der Waals surface area contributed by atoms with E-state index in [0.29, 0.717) is 18.4 Å². The van der Waals surface area contributed by atoms with Gasteiger partial charge in [-0.1, -0.05) is 36.4 Å². The smallest absolute Gasteiger partial charge is 0.223 e. The molecule has 2 N–H and O–H groups in total. The Hall–Kier alpha value is -2.35. The van der Waals surface area contributed by atoms with Crippen LogP contribution < -0.4 is 5.32 Å². The average Bonchev–Trinajstić information content (AvgIpc) is 3.20. The fraction of sp³-hybridized carbons (Fsp3) is 0.320. The summed E-state index contributed by atoms with van der Waals surface area (Å²) in [5.41, 5.74) is 4.21. The molecule has 0 atom stereocenters. The number of hydrogen-bond donors (Lipinski definition) is 2. The van der Waals surface area contributed by atoms with Crippen LogP contribution in [-0.2, 0) is 12.8 Å². The van der Waals surface area contributed by atoms with Gasteiger partial charge in [-0.3, -0.25) is 0 Å². The molecule has 2 aromatic carbocycles. The summed E-state index contributed by atoms with van der Waals surface area (Å²) in [5, 5.41) is 14.4. The van der Waals surface area contributed by atoms with Gasteiger partial charge in [0.25, 0.3) is 0 Å². The number of halogens is 1. The van der Waals surface area contributed by atoms with Crippen molar-refractivity contribution in [1.29, 1.82) is 0 Å². The molecule has 1 saturated carbocycles. The number of thiazole rings is 1. The molecule has 32 heavy (non-hydrogen) atoms. The quantitative estimate of drug-likeness (QED) is 0.347. The average molecular weight is 509 g/mol. The van der Waals surface area contributed by atoms with Gasteiger partial charge in [0.1, 0.15) is 0 Å². The molecule has 0 radical (unpaired) electrons. The van der Waals surface area contributed by atoms with E-state index in [-0.39, 0.29) is 6.10 Å². The zero-order valence-corrected chi connectivity index (χ0v) is 20.1. The van der Waals surface area contributed by atoms with Crippen LogP contribution in [-0.4, -0.2) is 32.2 Å². The Labute approximate surface area is 200 Å². The topological polar surface area (TPSA) is 70.9 Å². The molecular weight excluding hydrogens is 484 g/mol. The summed E-state index contributed by atoms with van der Waals surface area (Å²) in [4.78, 5) is 14.5. The summed E-state index contributed by atoms with van der Waals surface area (Å²) in [5.74, 6) is 0.678. The van der Waals surface area contributed by atoms with E-state index in [1.54, 1.807) is 11.3 Å². The van der Waals surface area contributed by atoms with Crippen molar-refractivity contribution in [3.8, 4) is 0 Å². The van der Waals surface area contributed by atoms with E-state index in [2.05, 4.69) is 57.6 Å². The third-order valence-electron chi connectivity index (χ3n) is 5.83. The van der Waals surface area contributed by atoms with Gasteiger partial charge in [-0.2, -0.15) is 0 Å². The van der Waals surface area contributed by atoms with Crippen LogP contribution in [0.2, 0.25) is 0 Å². The van der Waals surface area contributed by atoms with E-state index in [0.717, 1.165) is 58.5 Å². The fourth-order valence-corrected chi connectivity index (χ4v) is 5.78. The van der Waals surface area contributed by atoms with Crippen LogP contribution in [0, 0.1) is 0 Å². The van der Waals surface area contributed by atoms with Crippen LogP contribution in [0.3, 0.4) is 0 Å². The summed E-state index contributed by atoms with van der Waals surface area (Å²) in [6, 6.07) is 18.9. The number of aromatic nitrogens is 3. The van der Waals surface area contributed by atoms with Gasteiger partial charge in [0, 0.05) is 23.4 Å². The van der Waals surface area contributed by atoms with Gasteiger partial charge in [0.2, 0.25) is 5.95 Å². The molecule has 0 unspecified atom stereocenters. The Morgan fingerprint density at radius 1 is 0.906 bits per heavy atom. The van der Waals surface area contributed by atoms with Crippen molar-refractivity contribution in [3.63, 3.8) is 0 Å². The first-order valence-electron chi connectivity index (χ1n) is 11.0. The second-order valence-electron chi connectivity index (χ2n) is 8.36. The second kappa shape index (κ2) is 9.65.